The minimum Gasteiger partial charge on any atom is -0.447 e. The van der Waals surface area contributed by atoms with E-state index in [1.165, 1.54) is 30.1 Å². The minimum atomic E-state index is -2.61. The lowest BCUT2D eigenvalue weighted by Crippen LogP contribution is -2.50. The van der Waals surface area contributed by atoms with Crippen molar-refractivity contribution >= 4 is 29.6 Å². The van der Waals surface area contributed by atoms with Gasteiger partial charge in [0.25, 0.3) is 6.43 Å². The monoisotopic (exact) mass is 539 g/mol. The van der Waals surface area contributed by atoms with Crippen LogP contribution in [-0.4, -0.2) is 61.4 Å². The Hall–Kier alpha value is -3.77. The zero-order chi connectivity index (χ0) is 26.8. The molecule has 0 aliphatic rings. The van der Waals surface area contributed by atoms with Crippen molar-refractivity contribution in [2.75, 3.05) is 32.1 Å². The van der Waals surface area contributed by atoms with Gasteiger partial charge in [-0.2, -0.15) is 0 Å². The van der Waals surface area contributed by atoms with Gasteiger partial charge in [-0.3, -0.25) is 5.32 Å². The summed E-state index contributed by atoms with van der Waals surface area (Å²) in [7, 11) is 1.40. The highest BCUT2D eigenvalue weighted by molar-refractivity contribution is 6.31. The predicted molar refractivity (Wildman–Crippen MR) is 131 cm³/mol. The Balaban J connectivity index is 1.56. The number of hydrogen-bond donors (Lipinski definition) is 3. The van der Waals surface area contributed by atoms with Crippen LogP contribution < -0.4 is 16.0 Å². The maximum Gasteiger partial charge on any atom is 0.414 e. The van der Waals surface area contributed by atoms with Gasteiger partial charge in [0.1, 0.15) is 18.1 Å². The summed E-state index contributed by atoms with van der Waals surface area (Å²) in [6, 6.07) is 13.4. The van der Waals surface area contributed by atoms with Crippen molar-refractivity contribution in [1.82, 2.24) is 20.7 Å². The number of nitrogens with one attached hydrogen (secondary N) is 3. The molecule has 9 nitrogen and oxygen atoms in total. The zero-order valence-corrected chi connectivity index (χ0v) is 20.5. The number of likely N-dealkylation sites (N-methyl/N-ethyl adjacent to an activating group) is 1. The maximum atomic E-state index is 13.6. The van der Waals surface area contributed by atoms with Crippen LogP contribution in [-0.2, 0) is 11.3 Å². The van der Waals surface area contributed by atoms with Crippen LogP contribution in [0.1, 0.15) is 5.56 Å². The number of hydrogen-bond acceptors (Lipinski definition) is 6. The first kappa shape index (κ1) is 27.8. The Labute approximate surface area is 215 Å². The highest BCUT2D eigenvalue weighted by atomic mass is 35.5. The van der Waals surface area contributed by atoms with E-state index >= 15 is 0 Å². The molecule has 0 aliphatic carbocycles. The molecular formula is C24H25ClF3N5O4. The van der Waals surface area contributed by atoms with Crippen LogP contribution in [0.25, 0.3) is 11.3 Å². The number of rotatable bonds is 11. The molecule has 0 saturated heterocycles. The van der Waals surface area contributed by atoms with E-state index in [0.29, 0.717) is 11.3 Å². The molecule has 0 radical (unpaired) electrons. The van der Waals surface area contributed by atoms with Gasteiger partial charge in [-0.05, 0) is 11.6 Å². The molecule has 0 fully saturated rings. The molecule has 1 atom stereocenters. The van der Waals surface area contributed by atoms with Crippen molar-refractivity contribution in [3.63, 3.8) is 0 Å². The summed E-state index contributed by atoms with van der Waals surface area (Å²) in [6.45, 7) is -1.11. The van der Waals surface area contributed by atoms with Crippen molar-refractivity contribution in [3.8, 4) is 11.3 Å². The molecule has 0 saturated carbocycles. The summed E-state index contributed by atoms with van der Waals surface area (Å²) in [5.41, 5.74) is 1.64. The quantitative estimate of drug-likeness (QED) is 0.324. The summed E-state index contributed by atoms with van der Waals surface area (Å²) in [4.78, 5) is 26.1. The van der Waals surface area contributed by atoms with Gasteiger partial charge in [0.05, 0.1) is 17.6 Å². The molecule has 37 heavy (non-hydrogen) atoms. The molecule has 3 aromatic rings. The van der Waals surface area contributed by atoms with Gasteiger partial charge in [0, 0.05) is 31.8 Å². The fourth-order valence-corrected chi connectivity index (χ4v) is 3.39. The molecule has 0 spiro atoms. The second-order valence-electron chi connectivity index (χ2n) is 7.85. The van der Waals surface area contributed by atoms with Crippen LogP contribution in [0.15, 0.2) is 59.1 Å². The number of anilines is 1. The number of ether oxygens (including phenoxy) is 1. The number of amides is 3. The smallest absolute Gasteiger partial charge is 0.414 e. The minimum absolute atomic E-state index is 0.0364. The number of urea groups is 1. The van der Waals surface area contributed by atoms with Crippen molar-refractivity contribution in [1.29, 1.82) is 0 Å². The lowest BCUT2D eigenvalue weighted by molar-refractivity contribution is 0.109. The predicted octanol–water partition coefficient (Wildman–Crippen LogP) is 4.75. The Morgan fingerprint density at radius 1 is 1.14 bits per heavy atom. The molecule has 3 N–H and O–H groups in total. The Bertz CT molecular complexity index is 1180. The van der Waals surface area contributed by atoms with Gasteiger partial charge in [-0.25, -0.2) is 22.8 Å². The summed E-state index contributed by atoms with van der Waals surface area (Å²) >= 11 is 5.91. The largest absolute Gasteiger partial charge is 0.447 e. The second kappa shape index (κ2) is 13.5. The van der Waals surface area contributed by atoms with E-state index in [2.05, 4.69) is 21.1 Å². The molecule has 1 heterocycles. The van der Waals surface area contributed by atoms with E-state index in [9.17, 15) is 22.8 Å². The fourth-order valence-electron chi connectivity index (χ4n) is 3.20. The van der Waals surface area contributed by atoms with Gasteiger partial charge < -0.3 is 24.8 Å². The first-order valence-electron chi connectivity index (χ1n) is 11.1. The fraction of sp³-hybridized carbons (Fsp3) is 0.292. The molecule has 1 aromatic heterocycles. The van der Waals surface area contributed by atoms with E-state index in [-0.39, 0.29) is 30.6 Å². The normalized spacial score (nSPS) is 11.7. The number of alkyl halides is 2. The second-order valence-corrected chi connectivity index (χ2v) is 8.23. The Morgan fingerprint density at radius 3 is 2.62 bits per heavy atom. The lowest BCUT2D eigenvalue weighted by Gasteiger charge is -2.28. The number of aromatic nitrogens is 1. The first-order chi connectivity index (χ1) is 17.7. The highest BCUT2D eigenvalue weighted by Gasteiger charge is 2.23. The van der Waals surface area contributed by atoms with Gasteiger partial charge >= 0.3 is 12.1 Å². The summed E-state index contributed by atoms with van der Waals surface area (Å²) in [5.74, 6) is -0.591. The standard InChI is InChI=1S/C24H25ClF3N5O4/c1-33(23(34)30-11-16-8-5-9-18(26)22(16)25)17(12-29-13-20(27)28)14-36-24(35)31-21-10-19(32-37-21)15-6-3-2-4-7-15/h2-10,17,20,29H,11-14H2,1H3,(H,30,34)(H,31,35)/t17-/m0/s1. The molecular weight excluding hydrogens is 515 g/mol. The van der Waals surface area contributed by atoms with Crippen molar-refractivity contribution < 1.29 is 32.0 Å². The summed E-state index contributed by atoms with van der Waals surface area (Å²) in [6.07, 6.45) is -3.50. The average Bonchev–Trinajstić information content (AvgIpc) is 3.35. The van der Waals surface area contributed by atoms with Crippen molar-refractivity contribution in [2.45, 2.75) is 19.0 Å². The SMILES string of the molecule is CN(C(=O)NCc1cccc(F)c1Cl)[C@@H](CNCC(F)F)COC(=O)Nc1cc(-c2ccccc2)no1. The van der Waals surface area contributed by atoms with Gasteiger partial charge in [-0.1, -0.05) is 59.2 Å². The number of carbonyl (C=O) groups excluding carboxylic acids is 2. The molecule has 0 unspecified atom stereocenters. The third-order valence-corrected chi connectivity index (χ3v) is 5.64. The zero-order valence-electron chi connectivity index (χ0n) is 19.7. The Kier molecular flexibility index (Phi) is 10.2. The van der Waals surface area contributed by atoms with Crippen LogP contribution in [0.3, 0.4) is 0 Å². The van der Waals surface area contributed by atoms with Gasteiger partial charge in [0.15, 0.2) is 0 Å². The van der Waals surface area contributed by atoms with Crippen molar-refractivity contribution in [2.24, 2.45) is 0 Å². The number of benzene rings is 2. The molecule has 2 aromatic carbocycles. The van der Waals surface area contributed by atoms with Crippen LogP contribution in [0.4, 0.5) is 28.6 Å². The van der Waals surface area contributed by atoms with Crippen LogP contribution in [0.2, 0.25) is 5.02 Å². The molecule has 3 rings (SSSR count). The van der Waals surface area contributed by atoms with Crippen LogP contribution in [0, 0.1) is 5.82 Å². The maximum absolute atomic E-state index is 13.6. The number of nitrogens with zero attached hydrogens (tertiary/aromatic N) is 2. The topological polar surface area (TPSA) is 109 Å². The van der Waals surface area contributed by atoms with E-state index in [1.807, 2.05) is 30.3 Å². The van der Waals surface area contributed by atoms with Gasteiger partial charge in [0.2, 0.25) is 5.88 Å². The molecule has 198 valence electrons. The Morgan fingerprint density at radius 2 is 1.89 bits per heavy atom. The summed E-state index contributed by atoms with van der Waals surface area (Å²) < 4.78 is 49.1. The third-order valence-electron chi connectivity index (χ3n) is 5.22. The van der Waals surface area contributed by atoms with Crippen molar-refractivity contribution in [3.05, 3.63) is 71.0 Å². The van der Waals surface area contributed by atoms with E-state index in [1.54, 1.807) is 6.07 Å². The highest BCUT2D eigenvalue weighted by Crippen LogP contribution is 2.21. The van der Waals surface area contributed by atoms with Gasteiger partial charge in [-0.15, -0.1) is 0 Å². The van der Waals surface area contributed by atoms with Crippen LogP contribution in [0.5, 0.6) is 0 Å². The van der Waals surface area contributed by atoms with E-state index in [0.717, 1.165) is 5.56 Å². The average molecular weight is 540 g/mol. The molecule has 0 aliphatic heterocycles. The van der Waals surface area contributed by atoms with E-state index < -0.39 is 37.0 Å². The van der Waals surface area contributed by atoms with Crippen LogP contribution >= 0.6 is 11.6 Å². The molecule has 0 bridgehead atoms. The summed E-state index contributed by atoms with van der Waals surface area (Å²) in [5, 5.41) is 11.2. The van der Waals surface area contributed by atoms with E-state index in [4.69, 9.17) is 20.9 Å². The first-order valence-corrected chi connectivity index (χ1v) is 11.5. The lowest BCUT2D eigenvalue weighted by atomic mass is 10.2. The molecule has 3 amide bonds. The third kappa shape index (κ3) is 8.40. The molecule has 13 heteroatoms. The number of halogens is 4. The number of carbonyl (C=O) groups is 2.